The Morgan fingerprint density at radius 2 is 1.87 bits per heavy atom. The Morgan fingerprint density at radius 1 is 1.19 bits per heavy atom. The maximum absolute atomic E-state index is 12.4. The average molecular weight is 460 g/mol. The Bertz CT molecular complexity index is 1380. The van der Waals surface area contributed by atoms with Crippen LogP contribution in [-0.4, -0.2) is 20.7 Å². The molecule has 4 N–H and O–H groups in total. The number of carbonyl (C=O) groups is 1. The van der Waals surface area contributed by atoms with Crippen molar-refractivity contribution in [3.05, 3.63) is 66.8 Å². The normalized spacial score (nSPS) is 21.1. The monoisotopic (exact) mass is 459 g/mol. The van der Waals surface area contributed by atoms with Crippen LogP contribution in [0.5, 0.6) is 11.5 Å². The van der Waals surface area contributed by atoms with Crippen LogP contribution in [0.25, 0.3) is 5.69 Å². The van der Waals surface area contributed by atoms with Crippen molar-refractivity contribution >= 4 is 40.6 Å². The minimum Gasteiger partial charge on any atom is -0.454 e. The van der Waals surface area contributed by atoms with Crippen molar-refractivity contribution in [1.29, 1.82) is 0 Å². The fourth-order valence-corrected chi connectivity index (χ4v) is 4.56. The summed E-state index contributed by atoms with van der Waals surface area (Å²) in [7, 11) is 0. The largest absolute Gasteiger partial charge is 0.454 e. The second-order valence-electron chi connectivity index (χ2n) is 7.63. The number of nitrogens with one attached hydrogen (secondary N) is 2. The first-order chi connectivity index (χ1) is 14.7. The molecule has 1 aliphatic heterocycles. The molecule has 1 spiro atoms. The van der Waals surface area contributed by atoms with Gasteiger partial charge in [0.25, 0.3) is 5.56 Å². The van der Waals surface area contributed by atoms with Gasteiger partial charge in [0.05, 0.1) is 21.1 Å². The number of nitrogen functional groups attached to an aromatic ring is 1. The molecule has 2 aliphatic rings. The molecular formula is C20H15Cl2N5O4. The van der Waals surface area contributed by atoms with Crippen molar-refractivity contribution < 1.29 is 9.53 Å². The number of anilines is 2. The molecule has 3 aromatic rings. The van der Waals surface area contributed by atoms with Crippen LogP contribution in [-0.2, 0) is 10.2 Å². The molecule has 11 heteroatoms. The number of nitrogens with zero attached hydrogens (tertiary/aromatic N) is 2. The van der Waals surface area contributed by atoms with E-state index in [-0.39, 0.29) is 39.1 Å². The lowest BCUT2D eigenvalue weighted by Gasteiger charge is -2.14. The molecule has 9 nitrogen and oxygen atoms in total. The van der Waals surface area contributed by atoms with Crippen LogP contribution in [0.1, 0.15) is 18.9 Å². The van der Waals surface area contributed by atoms with E-state index in [1.807, 2.05) is 13.0 Å². The number of aromatic nitrogens is 3. The maximum atomic E-state index is 12.4. The Morgan fingerprint density at radius 3 is 2.52 bits per heavy atom. The van der Waals surface area contributed by atoms with Gasteiger partial charge in [0.15, 0.2) is 5.75 Å². The summed E-state index contributed by atoms with van der Waals surface area (Å²) in [5.74, 6) is 0.523. The van der Waals surface area contributed by atoms with E-state index in [1.54, 1.807) is 12.1 Å². The first-order valence-electron chi connectivity index (χ1n) is 9.33. The molecule has 1 saturated carbocycles. The molecule has 1 aliphatic carbocycles. The fraction of sp³-hybridized carbons (Fsp3) is 0.200. The van der Waals surface area contributed by atoms with Crippen LogP contribution in [0.15, 0.2) is 39.9 Å². The number of carbonyl (C=O) groups excluding carboxylic acids is 1. The van der Waals surface area contributed by atoms with Gasteiger partial charge in [-0.3, -0.25) is 14.6 Å². The topological polar surface area (TPSA) is 132 Å². The van der Waals surface area contributed by atoms with E-state index in [1.165, 1.54) is 12.1 Å². The van der Waals surface area contributed by atoms with Crippen LogP contribution < -0.4 is 27.0 Å². The van der Waals surface area contributed by atoms with Gasteiger partial charge in [0, 0.05) is 5.69 Å². The number of nitrogens with two attached hydrogens (primary N) is 1. The summed E-state index contributed by atoms with van der Waals surface area (Å²) < 4.78 is 6.81. The quantitative estimate of drug-likeness (QED) is 0.551. The highest BCUT2D eigenvalue weighted by molar-refractivity contribution is 6.37. The van der Waals surface area contributed by atoms with Gasteiger partial charge < -0.3 is 15.8 Å². The zero-order valence-electron chi connectivity index (χ0n) is 16.0. The number of ether oxygens (including phenoxy) is 1. The van der Waals surface area contributed by atoms with Crippen molar-refractivity contribution in [2.24, 2.45) is 5.92 Å². The molecule has 5 rings (SSSR count). The summed E-state index contributed by atoms with van der Waals surface area (Å²) in [6, 6.07) is 8.13. The maximum Gasteiger partial charge on any atom is 0.349 e. The summed E-state index contributed by atoms with van der Waals surface area (Å²) in [5, 5.41) is 6.90. The molecule has 1 fully saturated rings. The van der Waals surface area contributed by atoms with Gasteiger partial charge in [-0.15, -0.1) is 5.10 Å². The number of aromatic amines is 1. The van der Waals surface area contributed by atoms with Gasteiger partial charge in [-0.05, 0) is 48.2 Å². The molecule has 0 radical (unpaired) electrons. The second kappa shape index (κ2) is 6.60. The van der Waals surface area contributed by atoms with E-state index < -0.39 is 16.7 Å². The van der Waals surface area contributed by atoms with Gasteiger partial charge in [0.2, 0.25) is 11.7 Å². The summed E-state index contributed by atoms with van der Waals surface area (Å²) in [6.07, 6.45) is 0.787. The van der Waals surface area contributed by atoms with Gasteiger partial charge in [0.1, 0.15) is 5.75 Å². The fourth-order valence-electron chi connectivity index (χ4n) is 4.01. The van der Waals surface area contributed by atoms with E-state index >= 15 is 0 Å². The number of hydrogen-bond acceptors (Lipinski definition) is 6. The van der Waals surface area contributed by atoms with Gasteiger partial charge in [-0.1, -0.05) is 30.1 Å². The van der Waals surface area contributed by atoms with Crippen LogP contribution in [0.3, 0.4) is 0 Å². The molecule has 0 bridgehead atoms. The second-order valence-corrected chi connectivity index (χ2v) is 8.45. The third kappa shape index (κ3) is 2.92. The molecular weight excluding hydrogens is 445 g/mol. The number of fused-ring (bicyclic) bond motifs is 2. The lowest BCUT2D eigenvalue weighted by Crippen LogP contribution is -2.33. The molecule has 2 heterocycles. The van der Waals surface area contributed by atoms with Crippen molar-refractivity contribution in [1.82, 2.24) is 14.8 Å². The first-order valence-corrected chi connectivity index (χ1v) is 10.1. The standard InChI is InChI=1S/C20H15Cl2N5O4/c1-8-7-20(8)11-6-10(2-3-14(11)24-18(20)29)31-15-12(21)4-9(5-13(15)22)27-19(30)25-17(28)16(23)26-27/h2-6,8H,7H2,1H3,(H2,23,26)(H,24,29)(H,25,28,30)/t8?,20-/m1/s1. The van der Waals surface area contributed by atoms with Crippen LogP contribution in [0, 0.1) is 5.92 Å². The number of rotatable bonds is 3. The highest BCUT2D eigenvalue weighted by Gasteiger charge is 2.62. The predicted molar refractivity (Wildman–Crippen MR) is 115 cm³/mol. The van der Waals surface area contributed by atoms with Crippen molar-refractivity contribution in [2.45, 2.75) is 18.8 Å². The highest BCUT2D eigenvalue weighted by atomic mass is 35.5. The number of benzene rings is 2. The van der Waals surface area contributed by atoms with E-state index in [4.69, 9.17) is 33.7 Å². The van der Waals surface area contributed by atoms with Gasteiger partial charge >= 0.3 is 5.69 Å². The minimum atomic E-state index is -0.792. The number of hydrogen-bond donors (Lipinski definition) is 3. The van der Waals surface area contributed by atoms with Crippen molar-refractivity contribution in [3.63, 3.8) is 0 Å². The zero-order valence-corrected chi connectivity index (χ0v) is 17.5. The highest BCUT2D eigenvalue weighted by Crippen LogP contribution is 2.60. The van der Waals surface area contributed by atoms with Gasteiger partial charge in [-0.2, -0.15) is 4.68 Å². The summed E-state index contributed by atoms with van der Waals surface area (Å²) in [5.41, 5.74) is 5.28. The molecule has 1 aromatic heterocycles. The lowest BCUT2D eigenvalue weighted by atomic mass is 9.95. The Hall–Kier alpha value is -3.30. The predicted octanol–water partition coefficient (Wildman–Crippen LogP) is 2.83. The lowest BCUT2D eigenvalue weighted by molar-refractivity contribution is -0.118. The van der Waals surface area contributed by atoms with E-state index in [0.717, 1.165) is 22.4 Å². The van der Waals surface area contributed by atoms with Crippen LogP contribution in [0.2, 0.25) is 10.0 Å². The molecule has 1 amide bonds. The molecule has 31 heavy (non-hydrogen) atoms. The third-order valence-corrected chi connectivity index (χ3v) is 6.30. The van der Waals surface area contributed by atoms with Crippen LogP contribution in [0.4, 0.5) is 11.5 Å². The summed E-state index contributed by atoms with van der Waals surface area (Å²) >= 11 is 12.7. The van der Waals surface area contributed by atoms with E-state index in [2.05, 4.69) is 15.4 Å². The Balaban J connectivity index is 1.51. The third-order valence-electron chi connectivity index (χ3n) is 5.74. The molecule has 2 atom stereocenters. The smallest absolute Gasteiger partial charge is 0.349 e. The van der Waals surface area contributed by atoms with Crippen molar-refractivity contribution in [3.8, 4) is 17.2 Å². The summed E-state index contributed by atoms with van der Waals surface area (Å²) in [6.45, 7) is 2.04. The Labute approximate surface area is 184 Å². The first kappa shape index (κ1) is 19.7. The van der Waals surface area contributed by atoms with E-state index in [9.17, 15) is 14.4 Å². The number of H-pyrrole nitrogens is 1. The van der Waals surface area contributed by atoms with Gasteiger partial charge in [-0.25, -0.2) is 4.79 Å². The molecule has 158 valence electrons. The number of halogens is 2. The van der Waals surface area contributed by atoms with Crippen LogP contribution >= 0.6 is 23.2 Å². The molecule has 0 saturated heterocycles. The summed E-state index contributed by atoms with van der Waals surface area (Å²) in [4.78, 5) is 37.9. The van der Waals surface area contributed by atoms with E-state index in [0.29, 0.717) is 5.75 Å². The minimum absolute atomic E-state index is 0.00526. The average Bonchev–Trinajstić information content (AvgIpc) is 3.32. The SMILES string of the molecule is CC1C[C@@]12C(=O)Nc1ccc(Oc3c(Cl)cc(-n4nc(N)c(=O)[nH]c4=O)cc3Cl)cc12. The molecule has 1 unspecified atom stereocenters. The Kier molecular flexibility index (Phi) is 4.18. The number of amides is 1. The van der Waals surface area contributed by atoms with Crippen molar-refractivity contribution in [2.75, 3.05) is 11.1 Å². The molecule has 2 aromatic carbocycles. The zero-order chi connectivity index (χ0) is 22.1.